The van der Waals surface area contributed by atoms with Crippen molar-refractivity contribution in [2.75, 3.05) is 31.1 Å². The Morgan fingerprint density at radius 3 is 2.59 bits per heavy atom. The van der Waals surface area contributed by atoms with Gasteiger partial charge in [-0.2, -0.15) is 5.10 Å². The zero-order valence-electron chi connectivity index (χ0n) is 15.4. The third-order valence-electron chi connectivity index (χ3n) is 5.15. The van der Waals surface area contributed by atoms with Gasteiger partial charge in [-0.1, -0.05) is 30.3 Å². The standard InChI is InChI=1S/C21H23N5O/c1-16-5-2-3-6-18(16)15-25-9-11-26(12-10-25)20-19(14-23-24-21(20)27)17-7-4-8-22-13-17/h2-8,13-14H,9-12,15H2,1H3,(H,24,27). The first-order chi connectivity index (χ1) is 13.2. The van der Waals surface area contributed by atoms with E-state index in [-0.39, 0.29) is 5.56 Å². The molecule has 1 aliphatic rings. The number of rotatable bonds is 4. The number of aromatic amines is 1. The minimum absolute atomic E-state index is 0.149. The van der Waals surface area contributed by atoms with Crippen LogP contribution >= 0.6 is 0 Å². The molecule has 0 unspecified atom stereocenters. The van der Waals surface area contributed by atoms with Crippen LogP contribution in [0.1, 0.15) is 11.1 Å². The molecular weight excluding hydrogens is 338 g/mol. The zero-order valence-corrected chi connectivity index (χ0v) is 15.4. The number of hydrogen-bond acceptors (Lipinski definition) is 5. The Bertz CT molecular complexity index is 962. The second-order valence-electron chi connectivity index (χ2n) is 6.89. The van der Waals surface area contributed by atoms with Gasteiger partial charge in [0, 0.05) is 56.2 Å². The van der Waals surface area contributed by atoms with E-state index in [1.807, 2.05) is 12.1 Å². The first kappa shape index (κ1) is 17.4. The van der Waals surface area contributed by atoms with Crippen molar-refractivity contribution in [3.63, 3.8) is 0 Å². The Morgan fingerprint density at radius 1 is 1.04 bits per heavy atom. The molecule has 2 aromatic heterocycles. The lowest BCUT2D eigenvalue weighted by molar-refractivity contribution is 0.249. The van der Waals surface area contributed by atoms with Crippen molar-refractivity contribution < 1.29 is 0 Å². The van der Waals surface area contributed by atoms with Gasteiger partial charge in [-0.15, -0.1) is 0 Å². The molecule has 0 amide bonds. The fourth-order valence-electron chi connectivity index (χ4n) is 3.60. The summed E-state index contributed by atoms with van der Waals surface area (Å²) in [5.74, 6) is 0. The van der Waals surface area contributed by atoms with Crippen LogP contribution in [0, 0.1) is 6.92 Å². The lowest BCUT2D eigenvalue weighted by Crippen LogP contribution is -2.47. The van der Waals surface area contributed by atoms with E-state index >= 15 is 0 Å². The smallest absolute Gasteiger partial charge is 0.288 e. The number of H-pyrrole nitrogens is 1. The van der Waals surface area contributed by atoms with Crippen LogP contribution in [0.4, 0.5) is 5.69 Å². The van der Waals surface area contributed by atoms with Crippen LogP contribution in [0.5, 0.6) is 0 Å². The first-order valence-corrected chi connectivity index (χ1v) is 9.22. The molecule has 1 fully saturated rings. The van der Waals surface area contributed by atoms with Gasteiger partial charge in [-0.05, 0) is 24.1 Å². The predicted octanol–water partition coefficient (Wildman–Crippen LogP) is 2.46. The number of anilines is 1. The molecule has 0 spiro atoms. The highest BCUT2D eigenvalue weighted by atomic mass is 16.1. The van der Waals surface area contributed by atoms with Crippen molar-refractivity contribution >= 4 is 5.69 Å². The summed E-state index contributed by atoms with van der Waals surface area (Å²) in [6.45, 7) is 6.56. The van der Waals surface area contributed by atoms with E-state index < -0.39 is 0 Å². The largest absolute Gasteiger partial charge is 0.364 e. The van der Waals surface area contributed by atoms with Crippen LogP contribution in [0.3, 0.4) is 0 Å². The van der Waals surface area contributed by atoms with Crippen molar-refractivity contribution in [1.29, 1.82) is 0 Å². The molecule has 138 valence electrons. The highest BCUT2D eigenvalue weighted by Crippen LogP contribution is 2.27. The van der Waals surface area contributed by atoms with E-state index in [1.165, 1.54) is 11.1 Å². The topological polar surface area (TPSA) is 65.1 Å². The molecule has 1 saturated heterocycles. The molecule has 6 nitrogen and oxygen atoms in total. The third-order valence-corrected chi connectivity index (χ3v) is 5.15. The highest BCUT2D eigenvalue weighted by Gasteiger charge is 2.22. The summed E-state index contributed by atoms with van der Waals surface area (Å²) in [5, 5.41) is 6.58. The number of hydrogen-bond donors (Lipinski definition) is 1. The molecule has 1 aromatic carbocycles. The molecule has 3 aromatic rings. The van der Waals surface area contributed by atoms with E-state index in [1.54, 1.807) is 18.6 Å². The van der Waals surface area contributed by atoms with Gasteiger partial charge in [-0.25, -0.2) is 5.10 Å². The fraction of sp³-hybridized carbons (Fsp3) is 0.286. The molecule has 0 atom stereocenters. The van der Waals surface area contributed by atoms with Crippen LogP contribution in [-0.4, -0.2) is 46.3 Å². The molecule has 0 bridgehead atoms. The van der Waals surface area contributed by atoms with E-state index in [2.05, 4.69) is 56.2 Å². The summed E-state index contributed by atoms with van der Waals surface area (Å²) in [6, 6.07) is 12.3. The second-order valence-corrected chi connectivity index (χ2v) is 6.89. The molecule has 1 aliphatic heterocycles. The number of aryl methyl sites for hydroxylation is 1. The van der Waals surface area contributed by atoms with E-state index in [9.17, 15) is 4.79 Å². The molecule has 0 saturated carbocycles. The molecule has 3 heterocycles. The fourth-order valence-corrected chi connectivity index (χ4v) is 3.60. The summed E-state index contributed by atoms with van der Waals surface area (Å²) >= 11 is 0. The zero-order chi connectivity index (χ0) is 18.6. The Hall–Kier alpha value is -2.99. The third kappa shape index (κ3) is 3.75. The van der Waals surface area contributed by atoms with Gasteiger partial charge in [0.05, 0.1) is 6.20 Å². The van der Waals surface area contributed by atoms with Crippen molar-refractivity contribution in [2.45, 2.75) is 13.5 Å². The van der Waals surface area contributed by atoms with Gasteiger partial charge in [-0.3, -0.25) is 14.7 Å². The Kier molecular flexibility index (Phi) is 4.98. The molecular formula is C21H23N5O. The Labute approximate surface area is 158 Å². The minimum Gasteiger partial charge on any atom is -0.364 e. The van der Waals surface area contributed by atoms with Gasteiger partial charge >= 0.3 is 0 Å². The van der Waals surface area contributed by atoms with Crippen LogP contribution < -0.4 is 10.5 Å². The molecule has 1 N–H and O–H groups in total. The second kappa shape index (κ2) is 7.72. The summed E-state index contributed by atoms with van der Waals surface area (Å²) in [4.78, 5) is 21.3. The van der Waals surface area contributed by atoms with Crippen molar-refractivity contribution in [3.8, 4) is 11.1 Å². The predicted molar refractivity (Wildman–Crippen MR) is 107 cm³/mol. The average Bonchev–Trinajstić information content (AvgIpc) is 2.71. The monoisotopic (exact) mass is 361 g/mol. The van der Waals surface area contributed by atoms with Crippen LogP contribution in [0.15, 0.2) is 59.8 Å². The van der Waals surface area contributed by atoms with E-state index in [0.29, 0.717) is 5.69 Å². The quantitative estimate of drug-likeness (QED) is 0.773. The molecule has 27 heavy (non-hydrogen) atoms. The summed E-state index contributed by atoms with van der Waals surface area (Å²) in [6.07, 6.45) is 5.22. The number of benzene rings is 1. The molecule has 4 rings (SSSR count). The van der Waals surface area contributed by atoms with Gasteiger partial charge in [0.25, 0.3) is 5.56 Å². The van der Waals surface area contributed by atoms with Crippen LogP contribution in [0.25, 0.3) is 11.1 Å². The van der Waals surface area contributed by atoms with Gasteiger partial charge < -0.3 is 4.90 Å². The number of nitrogens with zero attached hydrogens (tertiary/aromatic N) is 4. The average molecular weight is 361 g/mol. The number of pyridine rings is 1. The normalized spacial score (nSPS) is 15.1. The van der Waals surface area contributed by atoms with E-state index in [0.717, 1.165) is 43.9 Å². The van der Waals surface area contributed by atoms with Gasteiger partial charge in [0.1, 0.15) is 5.69 Å². The van der Waals surface area contributed by atoms with Crippen LogP contribution in [-0.2, 0) is 6.54 Å². The summed E-state index contributed by atoms with van der Waals surface area (Å²) in [7, 11) is 0. The first-order valence-electron chi connectivity index (χ1n) is 9.22. The summed E-state index contributed by atoms with van der Waals surface area (Å²) < 4.78 is 0. The van der Waals surface area contributed by atoms with Crippen molar-refractivity contribution in [3.05, 3.63) is 76.5 Å². The number of aromatic nitrogens is 3. The maximum Gasteiger partial charge on any atom is 0.288 e. The number of nitrogens with one attached hydrogen (secondary N) is 1. The highest BCUT2D eigenvalue weighted by molar-refractivity contribution is 5.76. The molecule has 0 radical (unpaired) electrons. The molecule has 6 heteroatoms. The lowest BCUT2D eigenvalue weighted by Gasteiger charge is -2.36. The Balaban J connectivity index is 1.52. The SMILES string of the molecule is Cc1ccccc1CN1CCN(c2c(-c3cccnc3)cn[nH]c2=O)CC1. The van der Waals surface area contributed by atoms with Crippen molar-refractivity contribution in [1.82, 2.24) is 20.1 Å². The van der Waals surface area contributed by atoms with Gasteiger partial charge in [0.15, 0.2) is 0 Å². The number of piperazine rings is 1. The molecule has 0 aliphatic carbocycles. The maximum absolute atomic E-state index is 12.5. The summed E-state index contributed by atoms with van der Waals surface area (Å²) in [5.41, 5.74) is 4.97. The van der Waals surface area contributed by atoms with Crippen molar-refractivity contribution in [2.24, 2.45) is 0 Å². The maximum atomic E-state index is 12.5. The van der Waals surface area contributed by atoms with E-state index in [4.69, 9.17) is 0 Å². The lowest BCUT2D eigenvalue weighted by atomic mass is 10.1. The minimum atomic E-state index is -0.149. The Morgan fingerprint density at radius 2 is 1.85 bits per heavy atom. The van der Waals surface area contributed by atoms with Gasteiger partial charge in [0.2, 0.25) is 0 Å². The van der Waals surface area contributed by atoms with Crippen LogP contribution in [0.2, 0.25) is 0 Å².